The molecule has 0 aliphatic heterocycles. The van der Waals surface area contributed by atoms with Crippen LogP contribution in [0.1, 0.15) is 22.3 Å². The topological polar surface area (TPSA) is 9.23 Å². The maximum absolute atomic E-state index is 6.26. The lowest BCUT2D eigenvalue weighted by Gasteiger charge is -2.21. The molecule has 2 aromatic carbocycles. The van der Waals surface area contributed by atoms with E-state index in [1.165, 1.54) is 22.3 Å². The summed E-state index contributed by atoms with van der Waals surface area (Å²) in [6.07, 6.45) is 1.72. The van der Waals surface area contributed by atoms with Gasteiger partial charge in [0.1, 0.15) is 5.75 Å². The number of hydrogen-bond donors (Lipinski definition) is 1. The van der Waals surface area contributed by atoms with Gasteiger partial charge in [0, 0.05) is 11.3 Å². The minimum Gasteiger partial charge on any atom is -0.497 e. The molecule has 2 rings (SSSR count). The van der Waals surface area contributed by atoms with Crippen molar-refractivity contribution in [3.05, 3.63) is 58.7 Å². The molecule has 22 heavy (non-hydrogen) atoms. The first-order valence-corrected chi connectivity index (χ1v) is 11.9. The van der Waals surface area contributed by atoms with Crippen LogP contribution in [0.15, 0.2) is 41.3 Å². The third-order valence-electron chi connectivity index (χ3n) is 3.78. The average molecular weight is 331 g/mol. The predicted molar refractivity (Wildman–Crippen MR) is 101 cm³/mol. The van der Waals surface area contributed by atoms with Crippen molar-refractivity contribution in [1.29, 1.82) is 0 Å². The van der Waals surface area contributed by atoms with Crippen molar-refractivity contribution in [3.63, 3.8) is 0 Å². The number of ether oxygens (including phenoxy) is 1. The highest BCUT2D eigenvalue weighted by Gasteiger charge is 2.17. The molecule has 0 radical (unpaired) electrons. The highest BCUT2D eigenvalue weighted by molar-refractivity contribution is 7.80. The maximum atomic E-state index is 6.26. The molecule has 2 aromatic rings. The molecule has 0 atom stereocenters. The number of rotatable bonds is 5. The summed E-state index contributed by atoms with van der Waals surface area (Å²) < 4.78 is 6.26. The second kappa shape index (κ2) is 6.92. The van der Waals surface area contributed by atoms with Crippen LogP contribution in [0.5, 0.6) is 5.75 Å². The van der Waals surface area contributed by atoms with Crippen molar-refractivity contribution in [2.24, 2.45) is 0 Å². The molecule has 0 aliphatic carbocycles. The van der Waals surface area contributed by atoms with Gasteiger partial charge in [-0.3, -0.25) is 0 Å². The molecular weight excluding hydrogens is 304 g/mol. The summed E-state index contributed by atoms with van der Waals surface area (Å²) in [6.45, 7) is 11.3. The fourth-order valence-electron chi connectivity index (χ4n) is 2.34. The largest absolute Gasteiger partial charge is 0.497 e. The maximum Gasteiger partial charge on any atom is 0.125 e. The second-order valence-corrected chi connectivity index (χ2v) is 13.0. The number of thiol groups is 1. The quantitative estimate of drug-likeness (QED) is 0.567. The molecule has 3 heteroatoms. The summed E-state index contributed by atoms with van der Waals surface area (Å²) in [7, 11) is -1.24. The monoisotopic (exact) mass is 330 g/mol. The van der Waals surface area contributed by atoms with E-state index < -0.39 is 8.07 Å². The average Bonchev–Trinajstić information content (AvgIpc) is 2.43. The van der Waals surface area contributed by atoms with E-state index in [0.717, 1.165) is 23.3 Å². The van der Waals surface area contributed by atoms with Gasteiger partial charge in [-0.2, -0.15) is 0 Å². The molecule has 0 amide bonds. The van der Waals surface area contributed by atoms with Crippen LogP contribution in [-0.4, -0.2) is 14.3 Å². The van der Waals surface area contributed by atoms with E-state index in [0.29, 0.717) is 0 Å². The fraction of sp³-hybridized carbons (Fsp3) is 0.368. The smallest absolute Gasteiger partial charge is 0.125 e. The first kappa shape index (κ1) is 17.2. The van der Waals surface area contributed by atoms with Gasteiger partial charge in [0.2, 0.25) is 0 Å². The molecule has 0 saturated carbocycles. The lowest BCUT2D eigenvalue weighted by Crippen LogP contribution is -2.30. The van der Waals surface area contributed by atoms with Gasteiger partial charge in [-0.15, -0.1) is 12.6 Å². The highest BCUT2D eigenvalue weighted by atomic mass is 32.1. The van der Waals surface area contributed by atoms with Crippen LogP contribution >= 0.6 is 12.6 Å². The fourth-order valence-corrected chi connectivity index (χ4v) is 3.16. The van der Waals surface area contributed by atoms with Gasteiger partial charge in [-0.1, -0.05) is 50.0 Å². The van der Waals surface area contributed by atoms with E-state index >= 15 is 0 Å². The summed E-state index contributed by atoms with van der Waals surface area (Å²) in [5, 5.41) is 0. The Balaban J connectivity index is 2.34. The molecule has 0 unspecified atom stereocenters. The van der Waals surface area contributed by atoms with Crippen LogP contribution in [0, 0.1) is 13.8 Å². The van der Waals surface area contributed by atoms with Crippen molar-refractivity contribution in [1.82, 2.24) is 0 Å². The van der Waals surface area contributed by atoms with Gasteiger partial charge in [0.15, 0.2) is 0 Å². The van der Waals surface area contributed by atoms with Gasteiger partial charge in [-0.25, -0.2) is 0 Å². The van der Waals surface area contributed by atoms with Crippen LogP contribution in [0.2, 0.25) is 19.6 Å². The highest BCUT2D eigenvalue weighted by Crippen LogP contribution is 2.30. The van der Waals surface area contributed by atoms with Crippen molar-refractivity contribution >= 4 is 20.7 Å². The first-order valence-electron chi connectivity index (χ1n) is 7.77. The molecule has 118 valence electrons. The molecule has 0 N–H and O–H groups in total. The van der Waals surface area contributed by atoms with Gasteiger partial charge < -0.3 is 4.74 Å². The summed E-state index contributed by atoms with van der Waals surface area (Å²) >= 11 is 4.57. The standard InChI is InChI=1S/C19H26OSSi/c1-14-10-11-17(12-16-8-6-7-9-18(16)21)19(15(14)2)20-13-22(3,4)5/h6-11,21H,12-13H2,1-5H3. The first-order chi connectivity index (χ1) is 10.3. The second-order valence-electron chi connectivity index (χ2n) is 7.15. The van der Waals surface area contributed by atoms with Gasteiger partial charge in [0.05, 0.1) is 14.3 Å². The van der Waals surface area contributed by atoms with Crippen molar-refractivity contribution in [3.8, 4) is 5.75 Å². The minimum atomic E-state index is -1.24. The van der Waals surface area contributed by atoms with Gasteiger partial charge >= 0.3 is 0 Å². The van der Waals surface area contributed by atoms with E-state index in [1.54, 1.807) is 0 Å². The van der Waals surface area contributed by atoms with Crippen molar-refractivity contribution in [2.75, 3.05) is 6.23 Å². The Morgan fingerprint density at radius 2 is 1.64 bits per heavy atom. The van der Waals surface area contributed by atoms with Crippen molar-refractivity contribution < 1.29 is 4.74 Å². The van der Waals surface area contributed by atoms with E-state index in [4.69, 9.17) is 4.74 Å². The van der Waals surface area contributed by atoms with Gasteiger partial charge in [0.25, 0.3) is 0 Å². The van der Waals surface area contributed by atoms with Crippen LogP contribution in [0.4, 0.5) is 0 Å². The molecule has 0 aliphatic rings. The molecule has 0 heterocycles. The molecular formula is C19H26OSSi. The Morgan fingerprint density at radius 1 is 0.955 bits per heavy atom. The normalized spacial score (nSPS) is 11.5. The Labute approximate surface area is 141 Å². The number of hydrogen-bond acceptors (Lipinski definition) is 2. The summed E-state index contributed by atoms with van der Waals surface area (Å²) in [5.74, 6) is 1.07. The third kappa shape index (κ3) is 4.40. The molecule has 0 spiro atoms. The van der Waals surface area contributed by atoms with E-state index in [1.807, 2.05) is 12.1 Å². The van der Waals surface area contributed by atoms with Crippen LogP contribution < -0.4 is 4.74 Å². The summed E-state index contributed by atoms with van der Waals surface area (Å²) in [4.78, 5) is 1.04. The number of aryl methyl sites for hydroxylation is 1. The Bertz CT molecular complexity index is 659. The summed E-state index contributed by atoms with van der Waals surface area (Å²) in [5.41, 5.74) is 5.04. The number of benzene rings is 2. The molecule has 0 fully saturated rings. The lowest BCUT2D eigenvalue weighted by molar-refractivity contribution is 0.371. The Hall–Kier alpha value is -1.19. The van der Waals surface area contributed by atoms with Gasteiger partial charge in [-0.05, 0) is 42.2 Å². The third-order valence-corrected chi connectivity index (χ3v) is 5.23. The predicted octanol–water partition coefficient (Wildman–Crippen LogP) is 5.44. The van der Waals surface area contributed by atoms with E-state index in [9.17, 15) is 0 Å². The lowest BCUT2D eigenvalue weighted by atomic mass is 9.99. The van der Waals surface area contributed by atoms with E-state index in [2.05, 4.69) is 70.4 Å². The van der Waals surface area contributed by atoms with Crippen LogP contribution in [0.25, 0.3) is 0 Å². The zero-order valence-corrected chi connectivity index (χ0v) is 16.1. The molecule has 0 bridgehead atoms. The van der Waals surface area contributed by atoms with Crippen LogP contribution in [0.3, 0.4) is 0 Å². The zero-order chi connectivity index (χ0) is 16.3. The zero-order valence-electron chi connectivity index (χ0n) is 14.2. The Morgan fingerprint density at radius 3 is 2.27 bits per heavy atom. The Kier molecular flexibility index (Phi) is 5.40. The van der Waals surface area contributed by atoms with Crippen molar-refractivity contribution in [2.45, 2.75) is 44.8 Å². The summed E-state index contributed by atoms with van der Waals surface area (Å²) in [6, 6.07) is 12.7. The SMILES string of the molecule is Cc1ccc(Cc2ccccc2S)c(OC[Si](C)(C)C)c1C. The molecule has 1 nitrogen and oxygen atoms in total. The molecule has 0 saturated heterocycles. The minimum absolute atomic E-state index is 0.854. The van der Waals surface area contributed by atoms with Crippen LogP contribution in [-0.2, 0) is 6.42 Å². The van der Waals surface area contributed by atoms with E-state index in [-0.39, 0.29) is 0 Å². The molecule has 0 aromatic heterocycles.